The maximum absolute atomic E-state index is 11.3. The van der Waals surface area contributed by atoms with Gasteiger partial charge in [-0.1, -0.05) is 24.3 Å². The summed E-state index contributed by atoms with van der Waals surface area (Å²) in [4.78, 5) is 29.5. The van der Waals surface area contributed by atoms with Gasteiger partial charge >= 0.3 is 0 Å². The Morgan fingerprint density at radius 2 is 1.88 bits per heavy atom. The number of benzene rings is 1. The largest absolute Gasteiger partial charge is 0.404 e. The molecule has 0 spiro atoms. The van der Waals surface area contributed by atoms with Crippen molar-refractivity contribution in [3.8, 4) is 11.3 Å². The van der Waals surface area contributed by atoms with E-state index in [1.54, 1.807) is 32.7 Å². The fourth-order valence-corrected chi connectivity index (χ4v) is 3.65. The van der Waals surface area contributed by atoms with Crippen LogP contribution in [0.25, 0.3) is 11.3 Å². The standard InChI is InChI=1S/C24H33N7O2/c1-18(26-2)21(14-25)15-30-10-12-31(13-11-30)24-23(28-8-9-29-24)20-6-4-19(5-7-20)16-33-17-22(32)27-3/h4-9,14H,10-13,15-17,25H2,1-3H3,(H,27,32). The zero-order valence-corrected chi connectivity index (χ0v) is 19.6. The Morgan fingerprint density at radius 1 is 1.18 bits per heavy atom. The second-order valence-electron chi connectivity index (χ2n) is 7.86. The van der Waals surface area contributed by atoms with Crippen LogP contribution in [0.1, 0.15) is 12.5 Å². The number of piperazine rings is 1. The van der Waals surface area contributed by atoms with Crippen LogP contribution in [-0.4, -0.2) is 79.9 Å². The third-order valence-electron chi connectivity index (χ3n) is 5.75. The van der Waals surface area contributed by atoms with Crippen molar-refractivity contribution < 1.29 is 9.53 Å². The molecule has 3 rings (SSSR count). The third-order valence-corrected chi connectivity index (χ3v) is 5.75. The lowest BCUT2D eigenvalue weighted by Gasteiger charge is -2.36. The van der Waals surface area contributed by atoms with Crippen LogP contribution in [0.3, 0.4) is 0 Å². The molecule has 0 bridgehead atoms. The Kier molecular flexibility index (Phi) is 8.91. The minimum Gasteiger partial charge on any atom is -0.404 e. The van der Waals surface area contributed by atoms with Crippen molar-refractivity contribution in [2.75, 3.05) is 58.3 Å². The van der Waals surface area contributed by atoms with E-state index in [0.717, 1.165) is 66.6 Å². The number of hydrogen-bond acceptors (Lipinski definition) is 8. The number of aliphatic imine (C=N–C) groups is 1. The molecule has 2 heterocycles. The van der Waals surface area contributed by atoms with Crippen molar-refractivity contribution in [1.29, 1.82) is 0 Å². The summed E-state index contributed by atoms with van der Waals surface area (Å²) in [5.74, 6) is 0.751. The van der Waals surface area contributed by atoms with Crippen LogP contribution in [0.4, 0.5) is 5.82 Å². The highest BCUT2D eigenvalue weighted by Crippen LogP contribution is 2.27. The second kappa shape index (κ2) is 12.1. The summed E-state index contributed by atoms with van der Waals surface area (Å²) < 4.78 is 5.43. The Morgan fingerprint density at radius 3 is 2.52 bits per heavy atom. The molecular formula is C24H33N7O2. The SMILES string of the molecule is CN=C(C)C(=CN)CN1CCN(c2nccnc2-c2ccc(COCC(=O)NC)cc2)CC1. The number of likely N-dealkylation sites (N-methyl/N-ethyl adjacent to an activating group) is 1. The van der Waals surface area contributed by atoms with Crippen molar-refractivity contribution in [3.63, 3.8) is 0 Å². The summed E-state index contributed by atoms with van der Waals surface area (Å²) in [5, 5.41) is 2.54. The summed E-state index contributed by atoms with van der Waals surface area (Å²) >= 11 is 0. The number of aromatic nitrogens is 2. The van der Waals surface area contributed by atoms with Crippen LogP contribution in [-0.2, 0) is 16.1 Å². The molecular weight excluding hydrogens is 418 g/mol. The molecule has 1 aromatic carbocycles. The molecule has 0 atom stereocenters. The molecule has 9 heteroatoms. The first kappa shape index (κ1) is 24.3. The zero-order chi connectivity index (χ0) is 23.6. The van der Waals surface area contributed by atoms with E-state index >= 15 is 0 Å². The van der Waals surface area contributed by atoms with Crippen LogP contribution in [0.5, 0.6) is 0 Å². The van der Waals surface area contributed by atoms with Crippen molar-refractivity contribution in [2.24, 2.45) is 10.7 Å². The van der Waals surface area contributed by atoms with Gasteiger partial charge in [0.1, 0.15) is 12.3 Å². The molecule has 9 nitrogen and oxygen atoms in total. The van der Waals surface area contributed by atoms with Crippen LogP contribution < -0.4 is 16.0 Å². The zero-order valence-electron chi connectivity index (χ0n) is 19.6. The van der Waals surface area contributed by atoms with Gasteiger partial charge in [-0.05, 0) is 12.5 Å². The van der Waals surface area contributed by atoms with Gasteiger partial charge in [0.2, 0.25) is 5.91 Å². The smallest absolute Gasteiger partial charge is 0.245 e. The molecule has 33 heavy (non-hydrogen) atoms. The van der Waals surface area contributed by atoms with Gasteiger partial charge in [0, 0.05) is 82.3 Å². The molecule has 2 aromatic rings. The van der Waals surface area contributed by atoms with E-state index < -0.39 is 0 Å². The summed E-state index contributed by atoms with van der Waals surface area (Å²) in [5.41, 5.74) is 10.7. The molecule has 1 saturated heterocycles. The van der Waals surface area contributed by atoms with Crippen molar-refractivity contribution in [1.82, 2.24) is 20.2 Å². The van der Waals surface area contributed by atoms with Crippen LogP contribution in [0.2, 0.25) is 0 Å². The van der Waals surface area contributed by atoms with E-state index in [9.17, 15) is 4.79 Å². The molecule has 1 fully saturated rings. The lowest BCUT2D eigenvalue weighted by atomic mass is 10.1. The average molecular weight is 452 g/mol. The first-order chi connectivity index (χ1) is 16.0. The number of rotatable bonds is 9. The third kappa shape index (κ3) is 6.59. The highest BCUT2D eigenvalue weighted by Gasteiger charge is 2.22. The predicted octanol–water partition coefficient (Wildman–Crippen LogP) is 1.46. The molecule has 0 aliphatic carbocycles. The monoisotopic (exact) mass is 451 g/mol. The van der Waals surface area contributed by atoms with E-state index in [1.807, 2.05) is 31.2 Å². The van der Waals surface area contributed by atoms with Gasteiger partial charge in [-0.25, -0.2) is 4.98 Å². The van der Waals surface area contributed by atoms with E-state index in [4.69, 9.17) is 10.5 Å². The minimum absolute atomic E-state index is 0.0475. The predicted molar refractivity (Wildman–Crippen MR) is 131 cm³/mol. The molecule has 0 saturated carbocycles. The molecule has 1 aliphatic rings. The normalized spacial score (nSPS) is 15.5. The maximum atomic E-state index is 11.3. The van der Waals surface area contributed by atoms with Gasteiger partial charge in [-0.15, -0.1) is 0 Å². The highest BCUT2D eigenvalue weighted by atomic mass is 16.5. The lowest BCUT2D eigenvalue weighted by Crippen LogP contribution is -2.47. The van der Waals surface area contributed by atoms with Gasteiger partial charge < -0.3 is 20.7 Å². The highest BCUT2D eigenvalue weighted by molar-refractivity contribution is 5.98. The van der Waals surface area contributed by atoms with E-state index in [1.165, 1.54) is 0 Å². The fourth-order valence-electron chi connectivity index (χ4n) is 3.65. The topological polar surface area (TPSA) is 109 Å². The number of nitrogens with two attached hydrogens (primary N) is 1. The number of ether oxygens (including phenoxy) is 1. The molecule has 1 amide bonds. The van der Waals surface area contributed by atoms with Crippen LogP contribution in [0.15, 0.2) is 53.4 Å². The quantitative estimate of drug-likeness (QED) is 0.556. The number of amides is 1. The van der Waals surface area contributed by atoms with Gasteiger partial charge in [0.05, 0.1) is 6.61 Å². The number of carbonyl (C=O) groups excluding carboxylic acids is 1. The lowest BCUT2D eigenvalue weighted by molar-refractivity contribution is -0.125. The second-order valence-corrected chi connectivity index (χ2v) is 7.86. The van der Waals surface area contributed by atoms with Crippen LogP contribution in [0, 0.1) is 0 Å². The number of hydrogen-bond donors (Lipinski definition) is 2. The first-order valence-corrected chi connectivity index (χ1v) is 11.1. The van der Waals surface area contributed by atoms with Crippen molar-refractivity contribution in [2.45, 2.75) is 13.5 Å². The maximum Gasteiger partial charge on any atom is 0.245 e. The first-order valence-electron chi connectivity index (χ1n) is 11.1. The number of nitrogens with one attached hydrogen (secondary N) is 1. The van der Waals surface area contributed by atoms with E-state index in [2.05, 4.69) is 30.1 Å². The summed E-state index contributed by atoms with van der Waals surface area (Å²) in [6, 6.07) is 8.03. The van der Waals surface area contributed by atoms with Gasteiger partial charge in [0.15, 0.2) is 5.82 Å². The minimum atomic E-state index is -0.139. The molecule has 1 aliphatic heterocycles. The molecule has 3 N–H and O–H groups in total. The van der Waals surface area contributed by atoms with Crippen LogP contribution >= 0.6 is 0 Å². The number of anilines is 1. The van der Waals surface area contributed by atoms with Gasteiger partial charge in [-0.3, -0.25) is 19.7 Å². The Bertz CT molecular complexity index is 981. The molecule has 0 unspecified atom stereocenters. The Balaban J connectivity index is 1.64. The van der Waals surface area contributed by atoms with Crippen molar-refractivity contribution in [3.05, 3.63) is 54.0 Å². The summed E-state index contributed by atoms with van der Waals surface area (Å²) in [6.07, 6.45) is 5.12. The summed E-state index contributed by atoms with van der Waals surface area (Å²) in [6.45, 7) is 6.74. The number of carbonyl (C=O) groups is 1. The average Bonchev–Trinajstić information content (AvgIpc) is 2.87. The van der Waals surface area contributed by atoms with Gasteiger partial charge in [-0.2, -0.15) is 0 Å². The summed E-state index contributed by atoms with van der Waals surface area (Å²) in [7, 11) is 3.38. The van der Waals surface area contributed by atoms with E-state index in [0.29, 0.717) is 6.61 Å². The Hall–Kier alpha value is -3.30. The van der Waals surface area contributed by atoms with Gasteiger partial charge in [0.25, 0.3) is 0 Å². The van der Waals surface area contributed by atoms with E-state index in [-0.39, 0.29) is 12.5 Å². The molecule has 0 radical (unpaired) electrons. The Labute approximate surface area is 195 Å². The molecule has 176 valence electrons. The number of nitrogens with zero attached hydrogens (tertiary/aromatic N) is 5. The molecule has 1 aromatic heterocycles. The van der Waals surface area contributed by atoms with Crippen molar-refractivity contribution >= 4 is 17.4 Å². The fraction of sp³-hybridized carbons (Fsp3) is 0.417.